The maximum Gasteiger partial charge on any atom is 0.278 e. The van der Waals surface area contributed by atoms with Crippen LogP contribution in [0, 0.1) is 11.6 Å². The van der Waals surface area contributed by atoms with Gasteiger partial charge in [-0.3, -0.25) is 9.20 Å². The van der Waals surface area contributed by atoms with Crippen molar-refractivity contribution in [1.29, 1.82) is 0 Å². The lowest BCUT2D eigenvalue weighted by molar-refractivity contribution is 0.0987. The molecular weight excluding hydrogens is 388 g/mol. The maximum absolute atomic E-state index is 13.5. The van der Waals surface area contributed by atoms with Crippen LogP contribution in [0.1, 0.15) is 10.5 Å². The van der Waals surface area contributed by atoms with Gasteiger partial charge >= 0.3 is 0 Å². The summed E-state index contributed by atoms with van der Waals surface area (Å²) >= 11 is 0. The molecule has 0 unspecified atom stereocenters. The molecule has 1 amide bonds. The minimum absolute atomic E-state index is 0.152. The Bertz CT molecular complexity index is 1230. The standard InChI is InChI=1S/C22H19F2N5O/c1-27(2)15-6-4-14(5-7-15)20-11-26-21-12-25-19(13-29(20)21)22(30)28(3)16-8-9-17(23)18(24)10-16/h4-13H,1-3H3. The van der Waals surface area contributed by atoms with Crippen LogP contribution >= 0.6 is 0 Å². The number of aromatic nitrogens is 3. The maximum atomic E-state index is 13.5. The Hall–Kier alpha value is -3.81. The van der Waals surface area contributed by atoms with Crippen LogP contribution in [0.3, 0.4) is 0 Å². The number of rotatable bonds is 4. The van der Waals surface area contributed by atoms with Crippen molar-refractivity contribution in [2.75, 3.05) is 30.9 Å². The third kappa shape index (κ3) is 3.47. The lowest BCUT2D eigenvalue weighted by atomic mass is 10.1. The number of halogens is 2. The van der Waals surface area contributed by atoms with Crippen LogP contribution in [-0.4, -0.2) is 41.4 Å². The van der Waals surface area contributed by atoms with E-state index in [0.717, 1.165) is 29.1 Å². The number of anilines is 2. The first kappa shape index (κ1) is 19.5. The molecule has 8 heteroatoms. The third-order valence-electron chi connectivity index (χ3n) is 4.89. The van der Waals surface area contributed by atoms with E-state index >= 15 is 0 Å². The molecule has 0 atom stereocenters. The fourth-order valence-electron chi connectivity index (χ4n) is 3.13. The molecule has 2 heterocycles. The number of nitrogens with zero attached hydrogens (tertiary/aromatic N) is 5. The van der Waals surface area contributed by atoms with Crippen LogP contribution in [0.2, 0.25) is 0 Å². The smallest absolute Gasteiger partial charge is 0.278 e. The van der Waals surface area contributed by atoms with Gasteiger partial charge in [0.15, 0.2) is 17.3 Å². The second-order valence-electron chi connectivity index (χ2n) is 7.05. The molecule has 2 aromatic heterocycles. The van der Waals surface area contributed by atoms with Crippen molar-refractivity contribution >= 4 is 22.9 Å². The number of fused-ring (bicyclic) bond motifs is 1. The predicted octanol–water partition coefficient (Wildman–Crippen LogP) is 4.02. The van der Waals surface area contributed by atoms with Crippen LogP contribution in [0.4, 0.5) is 20.2 Å². The molecule has 0 aliphatic rings. The monoisotopic (exact) mass is 407 g/mol. The SMILES string of the molecule is CN(C)c1ccc(-c2cnc3cnc(C(=O)N(C)c4ccc(F)c(F)c4)cn23)cc1. The average molecular weight is 407 g/mol. The average Bonchev–Trinajstić information content (AvgIpc) is 3.18. The summed E-state index contributed by atoms with van der Waals surface area (Å²) in [7, 11) is 5.42. The molecule has 30 heavy (non-hydrogen) atoms. The number of imidazole rings is 1. The highest BCUT2D eigenvalue weighted by Gasteiger charge is 2.18. The Labute approximate surface area is 172 Å². The van der Waals surface area contributed by atoms with Crippen molar-refractivity contribution in [1.82, 2.24) is 14.4 Å². The molecule has 2 aromatic carbocycles. The zero-order chi connectivity index (χ0) is 21.4. The first-order valence-corrected chi connectivity index (χ1v) is 9.19. The normalized spacial score (nSPS) is 11.0. The van der Waals surface area contributed by atoms with Crippen molar-refractivity contribution in [3.8, 4) is 11.3 Å². The van der Waals surface area contributed by atoms with E-state index in [0.29, 0.717) is 5.65 Å². The first-order valence-electron chi connectivity index (χ1n) is 9.19. The number of hydrogen-bond donors (Lipinski definition) is 0. The van der Waals surface area contributed by atoms with Crippen LogP contribution in [0.5, 0.6) is 0 Å². The number of amides is 1. The molecule has 4 rings (SSSR count). The molecule has 0 radical (unpaired) electrons. The summed E-state index contributed by atoms with van der Waals surface area (Å²) in [4.78, 5) is 24.7. The highest BCUT2D eigenvalue weighted by molar-refractivity contribution is 6.04. The zero-order valence-electron chi connectivity index (χ0n) is 16.7. The van der Waals surface area contributed by atoms with Crippen molar-refractivity contribution in [3.63, 3.8) is 0 Å². The molecule has 0 saturated heterocycles. The molecule has 0 saturated carbocycles. The minimum Gasteiger partial charge on any atom is -0.378 e. The van der Waals surface area contributed by atoms with E-state index in [1.54, 1.807) is 16.8 Å². The quantitative estimate of drug-likeness (QED) is 0.513. The van der Waals surface area contributed by atoms with Gasteiger partial charge in [0.1, 0.15) is 5.69 Å². The third-order valence-corrected chi connectivity index (χ3v) is 4.89. The van der Waals surface area contributed by atoms with Gasteiger partial charge in [-0.25, -0.2) is 18.7 Å². The van der Waals surface area contributed by atoms with Gasteiger partial charge in [0, 0.05) is 50.3 Å². The minimum atomic E-state index is -1.02. The van der Waals surface area contributed by atoms with Crippen LogP contribution in [-0.2, 0) is 0 Å². The van der Waals surface area contributed by atoms with E-state index in [1.807, 2.05) is 43.3 Å². The zero-order valence-corrected chi connectivity index (χ0v) is 16.7. The van der Waals surface area contributed by atoms with Gasteiger partial charge < -0.3 is 9.80 Å². The summed E-state index contributed by atoms with van der Waals surface area (Å²) in [5.74, 6) is -2.44. The summed E-state index contributed by atoms with van der Waals surface area (Å²) in [5, 5.41) is 0. The number of benzene rings is 2. The molecular formula is C22H19F2N5O. The van der Waals surface area contributed by atoms with Crippen molar-refractivity contribution in [3.05, 3.63) is 78.4 Å². The number of carbonyl (C=O) groups excluding carboxylic acids is 1. The highest BCUT2D eigenvalue weighted by Crippen LogP contribution is 2.24. The van der Waals surface area contributed by atoms with Gasteiger partial charge in [0.2, 0.25) is 0 Å². The molecule has 0 fully saturated rings. The van der Waals surface area contributed by atoms with Gasteiger partial charge in [0.25, 0.3) is 5.91 Å². The summed E-state index contributed by atoms with van der Waals surface area (Å²) in [6, 6.07) is 11.3. The van der Waals surface area contributed by atoms with Crippen molar-refractivity contribution < 1.29 is 13.6 Å². The Balaban J connectivity index is 1.69. The number of carbonyl (C=O) groups is 1. The molecule has 0 aliphatic heterocycles. The van der Waals surface area contributed by atoms with Gasteiger partial charge in [-0.2, -0.15) is 0 Å². The van der Waals surface area contributed by atoms with Gasteiger partial charge in [-0.1, -0.05) is 12.1 Å². The number of hydrogen-bond acceptors (Lipinski definition) is 4. The largest absolute Gasteiger partial charge is 0.378 e. The summed E-state index contributed by atoms with van der Waals surface area (Å²) in [6.07, 6.45) is 4.81. The fraction of sp³-hybridized carbons (Fsp3) is 0.136. The molecule has 0 aliphatic carbocycles. The second-order valence-corrected chi connectivity index (χ2v) is 7.05. The van der Waals surface area contributed by atoms with Crippen LogP contribution in [0.25, 0.3) is 16.9 Å². The Kier molecular flexibility index (Phi) is 4.91. The van der Waals surface area contributed by atoms with E-state index in [2.05, 4.69) is 9.97 Å². The second kappa shape index (κ2) is 7.55. The van der Waals surface area contributed by atoms with E-state index < -0.39 is 17.5 Å². The summed E-state index contributed by atoms with van der Waals surface area (Å²) < 4.78 is 28.5. The first-order chi connectivity index (χ1) is 14.3. The highest BCUT2D eigenvalue weighted by atomic mass is 19.2. The van der Waals surface area contributed by atoms with Crippen molar-refractivity contribution in [2.45, 2.75) is 0 Å². The lowest BCUT2D eigenvalue weighted by Gasteiger charge is -2.17. The van der Waals surface area contributed by atoms with Crippen molar-refractivity contribution in [2.24, 2.45) is 0 Å². The fourth-order valence-corrected chi connectivity index (χ4v) is 3.13. The molecule has 0 bridgehead atoms. The molecule has 6 nitrogen and oxygen atoms in total. The van der Waals surface area contributed by atoms with Gasteiger partial charge in [-0.15, -0.1) is 0 Å². The summed E-state index contributed by atoms with van der Waals surface area (Å²) in [5.41, 5.74) is 3.78. The lowest BCUT2D eigenvalue weighted by Crippen LogP contribution is -2.27. The Morgan fingerprint density at radius 1 is 0.900 bits per heavy atom. The predicted molar refractivity (Wildman–Crippen MR) is 112 cm³/mol. The van der Waals surface area contributed by atoms with Crippen LogP contribution < -0.4 is 9.80 Å². The molecule has 0 spiro atoms. The van der Waals surface area contributed by atoms with E-state index in [-0.39, 0.29) is 11.4 Å². The molecule has 4 aromatic rings. The molecule has 0 N–H and O–H groups in total. The molecule has 152 valence electrons. The van der Waals surface area contributed by atoms with Crippen LogP contribution in [0.15, 0.2) is 61.1 Å². The summed E-state index contributed by atoms with van der Waals surface area (Å²) in [6.45, 7) is 0. The van der Waals surface area contributed by atoms with E-state index in [9.17, 15) is 13.6 Å². The Morgan fingerprint density at radius 3 is 2.27 bits per heavy atom. The van der Waals surface area contributed by atoms with Gasteiger partial charge in [-0.05, 0) is 24.3 Å². The van der Waals surface area contributed by atoms with Gasteiger partial charge in [0.05, 0.1) is 18.1 Å². The van der Waals surface area contributed by atoms with E-state index in [1.165, 1.54) is 24.2 Å². The Morgan fingerprint density at radius 2 is 1.60 bits per heavy atom. The van der Waals surface area contributed by atoms with E-state index in [4.69, 9.17) is 0 Å². The topological polar surface area (TPSA) is 53.7 Å².